The van der Waals surface area contributed by atoms with Gasteiger partial charge < -0.3 is 0 Å². The van der Waals surface area contributed by atoms with Crippen LogP contribution in [0.4, 0.5) is 0 Å². The highest BCUT2D eigenvalue weighted by Crippen LogP contribution is 2.48. The molecular weight excluding hydrogens is 146 g/mol. The van der Waals surface area contributed by atoms with Crippen molar-refractivity contribution in [3.8, 4) is 6.07 Å². The zero-order valence-corrected chi connectivity index (χ0v) is 8.48. The van der Waals surface area contributed by atoms with E-state index < -0.39 is 0 Å². The van der Waals surface area contributed by atoms with Crippen LogP contribution in [-0.4, -0.2) is 0 Å². The van der Waals surface area contributed by atoms with E-state index in [1.165, 1.54) is 32.1 Å². The molecule has 0 aromatic carbocycles. The summed E-state index contributed by atoms with van der Waals surface area (Å²) in [4.78, 5) is 0. The average molecular weight is 165 g/mol. The molecule has 0 heterocycles. The molecule has 1 nitrogen and oxygen atoms in total. The second-order valence-corrected chi connectivity index (χ2v) is 4.86. The summed E-state index contributed by atoms with van der Waals surface area (Å²) in [6.45, 7) is 6.44. The summed E-state index contributed by atoms with van der Waals surface area (Å²) < 4.78 is 0. The molecule has 1 fully saturated rings. The van der Waals surface area contributed by atoms with Crippen LogP contribution in [0.3, 0.4) is 0 Å². The van der Waals surface area contributed by atoms with Crippen LogP contribution in [0.25, 0.3) is 0 Å². The number of hydrogen-bond donors (Lipinski definition) is 0. The van der Waals surface area contributed by atoms with Gasteiger partial charge in [-0.2, -0.15) is 5.26 Å². The number of nitriles is 1. The highest BCUT2D eigenvalue weighted by Gasteiger charge is 2.41. The molecule has 0 bridgehead atoms. The lowest BCUT2D eigenvalue weighted by Gasteiger charge is -2.42. The molecule has 1 heteroatoms. The Morgan fingerprint density at radius 3 is 2.08 bits per heavy atom. The van der Waals surface area contributed by atoms with Gasteiger partial charge in [0.05, 0.1) is 11.5 Å². The Morgan fingerprint density at radius 2 is 1.67 bits per heavy atom. The fraction of sp³-hybridized carbons (Fsp3) is 0.909. The molecule has 0 amide bonds. The first-order chi connectivity index (χ1) is 5.52. The third-order valence-electron chi connectivity index (χ3n) is 3.75. The Hall–Kier alpha value is -0.510. The van der Waals surface area contributed by atoms with Crippen LogP contribution in [0, 0.1) is 22.2 Å². The largest absolute Gasteiger partial charge is 0.198 e. The zero-order valence-electron chi connectivity index (χ0n) is 8.48. The van der Waals surface area contributed by atoms with E-state index in [-0.39, 0.29) is 10.8 Å². The fourth-order valence-corrected chi connectivity index (χ4v) is 2.09. The van der Waals surface area contributed by atoms with Crippen molar-refractivity contribution in [1.82, 2.24) is 0 Å². The molecule has 12 heavy (non-hydrogen) atoms. The van der Waals surface area contributed by atoms with Crippen LogP contribution in [0.15, 0.2) is 0 Å². The number of rotatable bonds is 1. The lowest BCUT2D eigenvalue weighted by Crippen LogP contribution is -2.35. The van der Waals surface area contributed by atoms with E-state index in [9.17, 15) is 0 Å². The van der Waals surface area contributed by atoms with E-state index in [2.05, 4.69) is 26.8 Å². The second kappa shape index (κ2) is 3.09. The molecule has 0 aliphatic heterocycles. The van der Waals surface area contributed by atoms with Crippen LogP contribution < -0.4 is 0 Å². The predicted molar refractivity (Wildman–Crippen MR) is 50.6 cm³/mol. The van der Waals surface area contributed by atoms with Gasteiger partial charge in [0.1, 0.15) is 0 Å². The minimum atomic E-state index is -0.145. The lowest BCUT2D eigenvalue weighted by molar-refractivity contribution is 0.0904. The van der Waals surface area contributed by atoms with Crippen LogP contribution in [-0.2, 0) is 0 Å². The van der Waals surface area contributed by atoms with Crippen molar-refractivity contribution in [1.29, 1.82) is 5.26 Å². The maximum atomic E-state index is 9.06. The Kier molecular flexibility index (Phi) is 2.46. The van der Waals surface area contributed by atoms with E-state index in [0.29, 0.717) is 0 Å². The molecule has 0 aromatic heterocycles. The maximum absolute atomic E-state index is 9.06. The van der Waals surface area contributed by atoms with Gasteiger partial charge in [-0.25, -0.2) is 0 Å². The molecule has 0 radical (unpaired) electrons. The minimum absolute atomic E-state index is 0.145. The van der Waals surface area contributed by atoms with Crippen molar-refractivity contribution < 1.29 is 0 Å². The van der Waals surface area contributed by atoms with Gasteiger partial charge in [0, 0.05) is 0 Å². The molecule has 0 unspecified atom stereocenters. The molecule has 1 saturated carbocycles. The van der Waals surface area contributed by atoms with Crippen molar-refractivity contribution in [3.63, 3.8) is 0 Å². The maximum Gasteiger partial charge on any atom is 0.0689 e. The summed E-state index contributed by atoms with van der Waals surface area (Å²) in [7, 11) is 0. The summed E-state index contributed by atoms with van der Waals surface area (Å²) >= 11 is 0. The van der Waals surface area contributed by atoms with Crippen molar-refractivity contribution in [2.75, 3.05) is 0 Å². The highest BCUT2D eigenvalue weighted by atomic mass is 14.5. The van der Waals surface area contributed by atoms with Gasteiger partial charge in [-0.3, -0.25) is 0 Å². The van der Waals surface area contributed by atoms with Gasteiger partial charge in [-0.1, -0.05) is 26.2 Å². The highest BCUT2D eigenvalue weighted by molar-refractivity contribution is 5.04. The van der Waals surface area contributed by atoms with Crippen molar-refractivity contribution in [2.24, 2.45) is 10.8 Å². The van der Waals surface area contributed by atoms with E-state index in [1.807, 2.05) is 0 Å². The first-order valence-corrected chi connectivity index (χ1v) is 4.93. The summed E-state index contributed by atoms with van der Waals surface area (Å²) in [5, 5.41) is 9.06. The topological polar surface area (TPSA) is 23.8 Å². The zero-order chi connectivity index (χ0) is 9.24. The molecule has 1 aliphatic carbocycles. The molecule has 1 rings (SSSR count). The molecule has 68 valence electrons. The fourth-order valence-electron chi connectivity index (χ4n) is 2.09. The van der Waals surface area contributed by atoms with Gasteiger partial charge in [-0.05, 0) is 32.1 Å². The van der Waals surface area contributed by atoms with E-state index in [1.54, 1.807) is 0 Å². The average Bonchev–Trinajstić information content (AvgIpc) is 2.06. The van der Waals surface area contributed by atoms with Gasteiger partial charge in [0.25, 0.3) is 0 Å². The van der Waals surface area contributed by atoms with Crippen LogP contribution in [0.1, 0.15) is 52.9 Å². The van der Waals surface area contributed by atoms with E-state index in [0.717, 1.165) is 0 Å². The predicted octanol–water partition coefficient (Wildman–Crippen LogP) is 3.51. The van der Waals surface area contributed by atoms with Crippen LogP contribution >= 0.6 is 0 Å². The Balaban J connectivity index is 2.76. The molecule has 0 atom stereocenters. The van der Waals surface area contributed by atoms with Crippen molar-refractivity contribution in [2.45, 2.75) is 52.9 Å². The molecule has 1 aliphatic rings. The SMILES string of the molecule is CC(C)(C#N)C1(C)CCCCC1. The normalized spacial score (nSPS) is 23.2. The quantitative estimate of drug-likeness (QED) is 0.583. The van der Waals surface area contributed by atoms with E-state index >= 15 is 0 Å². The van der Waals surface area contributed by atoms with Gasteiger partial charge in [0.15, 0.2) is 0 Å². The molecule has 0 saturated heterocycles. The van der Waals surface area contributed by atoms with Gasteiger partial charge in [0.2, 0.25) is 0 Å². The summed E-state index contributed by atoms with van der Waals surface area (Å²) in [5.74, 6) is 0. The molecule has 0 aromatic rings. The number of hydrogen-bond acceptors (Lipinski definition) is 1. The summed E-state index contributed by atoms with van der Waals surface area (Å²) in [6, 6.07) is 2.45. The Labute approximate surface area is 75.8 Å². The standard InChI is InChI=1S/C11H19N/c1-10(2,9-12)11(3)7-5-4-6-8-11/h4-8H2,1-3H3. The molecule has 0 N–H and O–H groups in total. The van der Waals surface area contributed by atoms with Gasteiger partial charge in [-0.15, -0.1) is 0 Å². The smallest absolute Gasteiger partial charge is 0.0689 e. The van der Waals surface area contributed by atoms with E-state index in [4.69, 9.17) is 5.26 Å². The first-order valence-electron chi connectivity index (χ1n) is 4.93. The van der Waals surface area contributed by atoms with Crippen LogP contribution in [0.2, 0.25) is 0 Å². The monoisotopic (exact) mass is 165 g/mol. The second-order valence-electron chi connectivity index (χ2n) is 4.86. The van der Waals surface area contributed by atoms with Gasteiger partial charge >= 0.3 is 0 Å². The van der Waals surface area contributed by atoms with Crippen LogP contribution in [0.5, 0.6) is 0 Å². The Morgan fingerprint density at radius 1 is 1.17 bits per heavy atom. The third kappa shape index (κ3) is 1.48. The number of nitrogens with zero attached hydrogens (tertiary/aromatic N) is 1. The van der Waals surface area contributed by atoms with Crippen molar-refractivity contribution in [3.05, 3.63) is 0 Å². The summed E-state index contributed by atoms with van der Waals surface area (Å²) in [6.07, 6.45) is 6.43. The minimum Gasteiger partial charge on any atom is -0.198 e. The Bertz CT molecular complexity index is 192. The lowest BCUT2D eigenvalue weighted by atomic mass is 9.60. The molecular formula is C11H19N. The van der Waals surface area contributed by atoms with Crippen molar-refractivity contribution >= 4 is 0 Å². The summed E-state index contributed by atoms with van der Waals surface area (Å²) in [5.41, 5.74) is 0.118. The molecule has 0 spiro atoms. The first kappa shape index (κ1) is 9.58. The third-order valence-corrected chi connectivity index (χ3v) is 3.75.